The lowest BCUT2D eigenvalue weighted by atomic mass is 10.2. The van der Waals surface area contributed by atoms with Crippen molar-refractivity contribution in [2.45, 2.75) is 32.9 Å². The molecule has 0 atom stereocenters. The fraction of sp³-hybridized carbons (Fsp3) is 0.348. The Bertz CT molecular complexity index is 992. The average Bonchev–Trinajstić information content (AvgIpc) is 3.23. The topological polar surface area (TPSA) is 78.3 Å². The number of nitrogens with one attached hydrogen (secondary N) is 2. The first-order chi connectivity index (χ1) is 14.7. The van der Waals surface area contributed by atoms with Crippen LogP contribution in [0.2, 0.25) is 0 Å². The van der Waals surface area contributed by atoms with E-state index < -0.39 is 0 Å². The number of hydrogen-bond donors (Lipinski definition) is 2. The van der Waals surface area contributed by atoms with Crippen molar-refractivity contribution in [2.24, 2.45) is 4.99 Å². The van der Waals surface area contributed by atoms with Crippen LogP contribution >= 0.6 is 0 Å². The standard InChI is InChI=1S/C23H30N6O/c1-3-24-23(25-14-8-10-16-29-15-9-7-13-22(29)30)28(2)18-21-26-17-20(27-21)19-11-5-4-6-12-19/h4-7,9,11-13,15,17H,3,8,10,14,16,18H2,1-2H3,(H,24,25)(H,26,27). The second kappa shape index (κ2) is 11.0. The van der Waals surface area contributed by atoms with Crippen molar-refractivity contribution in [1.82, 2.24) is 24.8 Å². The van der Waals surface area contributed by atoms with Gasteiger partial charge in [0.2, 0.25) is 5.56 Å². The van der Waals surface area contributed by atoms with Gasteiger partial charge in [-0.25, -0.2) is 4.98 Å². The van der Waals surface area contributed by atoms with Crippen LogP contribution in [0.4, 0.5) is 0 Å². The van der Waals surface area contributed by atoms with E-state index in [1.807, 2.05) is 43.7 Å². The number of aromatic amines is 1. The minimum atomic E-state index is 0.0439. The van der Waals surface area contributed by atoms with Crippen LogP contribution in [0.5, 0.6) is 0 Å². The summed E-state index contributed by atoms with van der Waals surface area (Å²) in [5.41, 5.74) is 2.18. The number of aliphatic imine (C=N–C) groups is 1. The van der Waals surface area contributed by atoms with Crippen LogP contribution in [0.25, 0.3) is 11.3 Å². The first-order valence-corrected chi connectivity index (χ1v) is 10.4. The third-order valence-electron chi connectivity index (χ3n) is 4.76. The van der Waals surface area contributed by atoms with E-state index in [0.29, 0.717) is 13.1 Å². The molecule has 0 bridgehead atoms. The van der Waals surface area contributed by atoms with Gasteiger partial charge in [0.1, 0.15) is 5.82 Å². The van der Waals surface area contributed by atoms with Crippen LogP contribution in [0, 0.1) is 0 Å². The van der Waals surface area contributed by atoms with Gasteiger partial charge < -0.3 is 19.8 Å². The van der Waals surface area contributed by atoms with Crippen LogP contribution in [0.15, 0.2) is 70.7 Å². The van der Waals surface area contributed by atoms with Gasteiger partial charge in [-0.15, -0.1) is 0 Å². The SMILES string of the molecule is CCNC(=NCCCCn1ccccc1=O)N(C)Cc1ncc(-c2ccccc2)[nH]1. The molecule has 3 rings (SSSR count). The van der Waals surface area contributed by atoms with Gasteiger partial charge in [-0.1, -0.05) is 36.4 Å². The number of nitrogens with zero attached hydrogens (tertiary/aromatic N) is 4. The molecule has 0 aliphatic carbocycles. The zero-order chi connectivity index (χ0) is 21.2. The summed E-state index contributed by atoms with van der Waals surface area (Å²) in [4.78, 5) is 26.4. The molecule has 7 nitrogen and oxygen atoms in total. The zero-order valence-corrected chi connectivity index (χ0v) is 17.7. The number of rotatable bonds is 9. The summed E-state index contributed by atoms with van der Waals surface area (Å²) in [5, 5.41) is 3.34. The second-order valence-electron chi connectivity index (χ2n) is 7.14. The molecule has 0 saturated heterocycles. The highest BCUT2D eigenvalue weighted by atomic mass is 16.1. The summed E-state index contributed by atoms with van der Waals surface area (Å²) < 4.78 is 1.74. The molecule has 30 heavy (non-hydrogen) atoms. The van der Waals surface area contributed by atoms with E-state index in [1.54, 1.807) is 16.7 Å². The van der Waals surface area contributed by atoms with Crippen molar-refractivity contribution in [3.05, 3.63) is 77.1 Å². The van der Waals surface area contributed by atoms with Gasteiger partial charge in [0, 0.05) is 38.9 Å². The summed E-state index contributed by atoms with van der Waals surface area (Å²) in [6.45, 7) is 4.93. The Morgan fingerprint density at radius 2 is 1.97 bits per heavy atom. The van der Waals surface area contributed by atoms with E-state index >= 15 is 0 Å². The molecule has 7 heteroatoms. The van der Waals surface area contributed by atoms with Crippen LogP contribution < -0.4 is 10.9 Å². The van der Waals surface area contributed by atoms with Gasteiger partial charge in [-0.05, 0) is 31.4 Å². The van der Waals surface area contributed by atoms with Crippen molar-refractivity contribution >= 4 is 5.96 Å². The summed E-state index contributed by atoms with van der Waals surface area (Å²) in [6.07, 6.45) is 5.53. The first-order valence-electron chi connectivity index (χ1n) is 10.4. The molecule has 2 N–H and O–H groups in total. The Hall–Kier alpha value is -3.35. The minimum Gasteiger partial charge on any atom is -0.357 e. The summed E-state index contributed by atoms with van der Waals surface area (Å²) in [6, 6.07) is 15.4. The largest absolute Gasteiger partial charge is 0.357 e. The van der Waals surface area contributed by atoms with Crippen LogP contribution in [-0.2, 0) is 13.1 Å². The van der Waals surface area contributed by atoms with Gasteiger partial charge in [-0.2, -0.15) is 0 Å². The van der Waals surface area contributed by atoms with Gasteiger partial charge >= 0.3 is 0 Å². The number of benzene rings is 1. The van der Waals surface area contributed by atoms with Crippen LogP contribution in [0.3, 0.4) is 0 Å². The smallest absolute Gasteiger partial charge is 0.250 e. The number of aryl methyl sites for hydroxylation is 1. The highest BCUT2D eigenvalue weighted by Crippen LogP contribution is 2.16. The Kier molecular flexibility index (Phi) is 7.83. The molecule has 0 spiro atoms. The van der Waals surface area contributed by atoms with Gasteiger partial charge in [0.05, 0.1) is 18.4 Å². The number of pyridine rings is 1. The van der Waals surface area contributed by atoms with Gasteiger partial charge in [0.25, 0.3) is 0 Å². The monoisotopic (exact) mass is 406 g/mol. The molecule has 0 aliphatic heterocycles. The van der Waals surface area contributed by atoms with Crippen molar-refractivity contribution in [3.8, 4) is 11.3 Å². The molecular weight excluding hydrogens is 376 g/mol. The highest BCUT2D eigenvalue weighted by molar-refractivity contribution is 5.79. The lowest BCUT2D eigenvalue weighted by Gasteiger charge is -2.21. The lowest BCUT2D eigenvalue weighted by Crippen LogP contribution is -2.38. The molecule has 0 unspecified atom stereocenters. The van der Waals surface area contributed by atoms with Crippen molar-refractivity contribution in [1.29, 1.82) is 0 Å². The van der Waals surface area contributed by atoms with Crippen molar-refractivity contribution in [2.75, 3.05) is 20.1 Å². The number of aromatic nitrogens is 3. The molecular formula is C23H30N6O. The van der Waals surface area contributed by atoms with Crippen LogP contribution in [0.1, 0.15) is 25.6 Å². The van der Waals surface area contributed by atoms with Gasteiger partial charge in [0.15, 0.2) is 5.96 Å². The highest BCUT2D eigenvalue weighted by Gasteiger charge is 2.09. The number of H-pyrrole nitrogens is 1. The first kappa shape index (κ1) is 21.4. The molecule has 0 fully saturated rings. The molecule has 0 radical (unpaired) electrons. The molecule has 0 saturated carbocycles. The zero-order valence-electron chi connectivity index (χ0n) is 17.7. The molecule has 158 valence electrons. The number of guanidine groups is 1. The van der Waals surface area contributed by atoms with E-state index in [4.69, 9.17) is 4.99 Å². The predicted molar refractivity (Wildman–Crippen MR) is 121 cm³/mol. The second-order valence-corrected chi connectivity index (χ2v) is 7.14. The summed E-state index contributed by atoms with van der Waals surface area (Å²) in [7, 11) is 2.01. The summed E-state index contributed by atoms with van der Waals surface area (Å²) in [5.74, 6) is 1.75. The van der Waals surface area contributed by atoms with E-state index in [-0.39, 0.29) is 5.56 Å². The predicted octanol–water partition coefficient (Wildman–Crippen LogP) is 3.12. The van der Waals surface area contributed by atoms with E-state index in [2.05, 4.69) is 39.2 Å². The fourth-order valence-corrected chi connectivity index (χ4v) is 3.20. The minimum absolute atomic E-state index is 0.0439. The van der Waals surface area contributed by atoms with Crippen LogP contribution in [-0.4, -0.2) is 45.5 Å². The summed E-state index contributed by atoms with van der Waals surface area (Å²) >= 11 is 0. The number of unbranched alkanes of at least 4 members (excludes halogenated alkanes) is 1. The maximum absolute atomic E-state index is 11.7. The van der Waals surface area contributed by atoms with Crippen molar-refractivity contribution < 1.29 is 0 Å². The number of imidazole rings is 1. The van der Waals surface area contributed by atoms with E-state index in [1.165, 1.54) is 0 Å². The third-order valence-corrected chi connectivity index (χ3v) is 4.76. The molecule has 3 aromatic rings. The average molecular weight is 407 g/mol. The van der Waals surface area contributed by atoms with Gasteiger partial charge in [-0.3, -0.25) is 9.79 Å². The lowest BCUT2D eigenvalue weighted by molar-refractivity contribution is 0.463. The number of hydrogen-bond acceptors (Lipinski definition) is 3. The maximum atomic E-state index is 11.7. The van der Waals surface area contributed by atoms with E-state index in [9.17, 15) is 4.79 Å². The Morgan fingerprint density at radius 3 is 2.73 bits per heavy atom. The molecule has 1 aromatic carbocycles. The molecule has 0 amide bonds. The molecule has 2 aromatic heterocycles. The molecule has 0 aliphatic rings. The Morgan fingerprint density at radius 1 is 1.17 bits per heavy atom. The molecule has 2 heterocycles. The normalized spacial score (nSPS) is 11.5. The third kappa shape index (κ3) is 6.07. The maximum Gasteiger partial charge on any atom is 0.250 e. The van der Waals surface area contributed by atoms with Crippen molar-refractivity contribution in [3.63, 3.8) is 0 Å². The Labute approximate surface area is 177 Å². The van der Waals surface area contributed by atoms with E-state index in [0.717, 1.165) is 49.0 Å². The Balaban J connectivity index is 1.52. The fourth-order valence-electron chi connectivity index (χ4n) is 3.20. The quantitative estimate of drug-likeness (QED) is 0.325.